The van der Waals surface area contributed by atoms with Crippen LogP contribution < -0.4 is 10.1 Å². The van der Waals surface area contributed by atoms with Crippen LogP contribution in [0.5, 0.6) is 5.75 Å². The largest absolute Gasteiger partial charge is 0.417 e. The maximum absolute atomic E-state index is 12.7. The summed E-state index contributed by atoms with van der Waals surface area (Å²) >= 11 is 0. The van der Waals surface area contributed by atoms with E-state index in [4.69, 9.17) is 10.00 Å². The fraction of sp³-hybridized carbons (Fsp3) is 0.0667. The Bertz CT molecular complexity index is 722. The first kappa shape index (κ1) is 15.4. The van der Waals surface area contributed by atoms with Crippen LogP contribution in [0.15, 0.2) is 48.5 Å². The molecule has 0 atom stereocenters. The Balaban J connectivity index is 2.19. The van der Waals surface area contributed by atoms with Crippen LogP contribution in [0.1, 0.15) is 11.1 Å². The van der Waals surface area contributed by atoms with E-state index in [9.17, 15) is 18.0 Å². The predicted molar refractivity (Wildman–Crippen MR) is 72.2 cm³/mol. The number of nitriles is 1. The van der Waals surface area contributed by atoms with Crippen molar-refractivity contribution in [1.29, 1.82) is 5.26 Å². The Morgan fingerprint density at radius 2 is 1.82 bits per heavy atom. The number of anilines is 1. The molecule has 0 aromatic heterocycles. The topological polar surface area (TPSA) is 62.1 Å². The number of alkyl halides is 3. The smallest absolute Gasteiger partial charge is 0.410 e. The van der Waals surface area contributed by atoms with E-state index in [1.165, 1.54) is 12.1 Å². The minimum atomic E-state index is -4.62. The molecule has 0 spiro atoms. The fourth-order valence-electron chi connectivity index (χ4n) is 1.67. The lowest BCUT2D eigenvalue weighted by atomic mass is 10.1. The highest BCUT2D eigenvalue weighted by Gasteiger charge is 2.31. The summed E-state index contributed by atoms with van der Waals surface area (Å²) in [6, 6.07) is 12.2. The number of carbonyl (C=O) groups excluding carboxylic acids is 1. The molecule has 1 amide bonds. The quantitative estimate of drug-likeness (QED) is 0.905. The summed E-state index contributed by atoms with van der Waals surface area (Å²) < 4.78 is 43.0. The van der Waals surface area contributed by atoms with Crippen LogP contribution in [-0.4, -0.2) is 6.09 Å². The zero-order chi connectivity index (χ0) is 16.2. The summed E-state index contributed by atoms with van der Waals surface area (Å²) in [5.74, 6) is 0.243. The van der Waals surface area contributed by atoms with Crippen LogP contribution in [0.2, 0.25) is 0 Å². The molecule has 2 aromatic carbocycles. The second-order valence-electron chi connectivity index (χ2n) is 4.24. The van der Waals surface area contributed by atoms with Crippen molar-refractivity contribution in [3.05, 3.63) is 59.7 Å². The summed E-state index contributed by atoms with van der Waals surface area (Å²) in [5, 5.41) is 10.9. The molecule has 112 valence electrons. The van der Waals surface area contributed by atoms with Crippen molar-refractivity contribution in [2.24, 2.45) is 0 Å². The lowest BCUT2D eigenvalue weighted by Crippen LogP contribution is -2.17. The van der Waals surface area contributed by atoms with Gasteiger partial charge in [0.15, 0.2) is 0 Å². The monoisotopic (exact) mass is 306 g/mol. The minimum absolute atomic E-state index is 0.174. The zero-order valence-corrected chi connectivity index (χ0v) is 11.0. The van der Waals surface area contributed by atoms with Gasteiger partial charge in [-0.05, 0) is 30.3 Å². The molecule has 0 aliphatic heterocycles. The van der Waals surface area contributed by atoms with Crippen molar-refractivity contribution in [3.63, 3.8) is 0 Å². The minimum Gasteiger partial charge on any atom is -0.410 e. The number of hydrogen-bond acceptors (Lipinski definition) is 3. The van der Waals surface area contributed by atoms with Crippen molar-refractivity contribution in [3.8, 4) is 11.8 Å². The third-order valence-electron chi connectivity index (χ3n) is 2.59. The van der Waals surface area contributed by atoms with E-state index in [1.807, 2.05) is 0 Å². The number of benzene rings is 2. The van der Waals surface area contributed by atoms with E-state index in [-0.39, 0.29) is 17.0 Å². The predicted octanol–water partition coefficient (Wildman–Crippen LogP) is 4.19. The van der Waals surface area contributed by atoms with Gasteiger partial charge in [-0.25, -0.2) is 4.79 Å². The number of carbonyl (C=O) groups is 1. The van der Waals surface area contributed by atoms with Crippen molar-refractivity contribution < 1.29 is 22.7 Å². The molecule has 0 fully saturated rings. The molecule has 0 bridgehead atoms. The van der Waals surface area contributed by atoms with E-state index in [0.29, 0.717) is 6.07 Å². The van der Waals surface area contributed by atoms with Crippen LogP contribution in [0, 0.1) is 11.3 Å². The molecule has 2 rings (SSSR count). The first-order valence-corrected chi connectivity index (χ1v) is 6.05. The second-order valence-corrected chi connectivity index (χ2v) is 4.24. The van der Waals surface area contributed by atoms with Crippen molar-refractivity contribution in [2.45, 2.75) is 6.18 Å². The van der Waals surface area contributed by atoms with Gasteiger partial charge in [0.25, 0.3) is 0 Å². The molecule has 0 saturated carbocycles. The molecular weight excluding hydrogens is 297 g/mol. The lowest BCUT2D eigenvalue weighted by Gasteiger charge is -2.11. The highest BCUT2D eigenvalue weighted by atomic mass is 19.4. The van der Waals surface area contributed by atoms with E-state index in [0.717, 1.165) is 12.1 Å². The first-order chi connectivity index (χ1) is 10.4. The summed E-state index contributed by atoms with van der Waals surface area (Å²) in [4.78, 5) is 11.6. The fourth-order valence-corrected chi connectivity index (χ4v) is 1.67. The van der Waals surface area contributed by atoms with Gasteiger partial charge in [0.1, 0.15) is 5.75 Å². The Hall–Kier alpha value is -3.01. The number of rotatable bonds is 2. The number of ether oxygens (including phenoxy) is 1. The normalized spacial score (nSPS) is 10.6. The molecular formula is C15H9F3N2O2. The van der Waals surface area contributed by atoms with Crippen LogP contribution in [0.4, 0.5) is 23.7 Å². The molecule has 22 heavy (non-hydrogen) atoms. The number of para-hydroxylation sites is 1. The van der Waals surface area contributed by atoms with Gasteiger partial charge in [0.05, 0.1) is 17.2 Å². The van der Waals surface area contributed by atoms with Crippen molar-refractivity contribution >= 4 is 11.8 Å². The number of hydrogen-bond donors (Lipinski definition) is 1. The van der Waals surface area contributed by atoms with E-state index in [1.54, 1.807) is 24.3 Å². The summed E-state index contributed by atoms with van der Waals surface area (Å²) in [5.41, 5.74) is -1.42. The van der Waals surface area contributed by atoms with Gasteiger partial charge in [0, 0.05) is 5.69 Å². The van der Waals surface area contributed by atoms with Gasteiger partial charge in [-0.2, -0.15) is 18.4 Å². The standard InChI is InChI=1S/C15H9F3N2O2/c16-15(17,18)11-6-10(9-19)7-12(8-11)20-14(21)22-13-4-2-1-3-5-13/h1-8H,(H,20,21). The average molecular weight is 306 g/mol. The zero-order valence-electron chi connectivity index (χ0n) is 11.0. The van der Waals surface area contributed by atoms with E-state index >= 15 is 0 Å². The maximum Gasteiger partial charge on any atom is 0.417 e. The maximum atomic E-state index is 12.7. The van der Waals surface area contributed by atoms with Crippen molar-refractivity contribution in [2.75, 3.05) is 5.32 Å². The van der Waals surface area contributed by atoms with Crippen LogP contribution in [0.3, 0.4) is 0 Å². The highest BCUT2D eigenvalue weighted by molar-refractivity contribution is 5.86. The van der Waals surface area contributed by atoms with Crippen LogP contribution in [-0.2, 0) is 6.18 Å². The molecule has 0 aliphatic carbocycles. The van der Waals surface area contributed by atoms with Crippen molar-refractivity contribution in [1.82, 2.24) is 0 Å². The van der Waals surface area contributed by atoms with Crippen LogP contribution in [0.25, 0.3) is 0 Å². The second kappa shape index (κ2) is 6.18. The van der Waals surface area contributed by atoms with Gasteiger partial charge >= 0.3 is 12.3 Å². The average Bonchev–Trinajstić information content (AvgIpc) is 2.46. The van der Waals surface area contributed by atoms with Gasteiger partial charge in [-0.3, -0.25) is 5.32 Å². The number of halogens is 3. The van der Waals surface area contributed by atoms with Gasteiger partial charge < -0.3 is 4.74 Å². The Morgan fingerprint density at radius 1 is 1.14 bits per heavy atom. The van der Waals surface area contributed by atoms with Gasteiger partial charge in [-0.1, -0.05) is 18.2 Å². The molecule has 0 unspecified atom stereocenters. The highest BCUT2D eigenvalue weighted by Crippen LogP contribution is 2.32. The molecule has 1 N–H and O–H groups in total. The Labute approximate surface area is 123 Å². The van der Waals surface area contributed by atoms with Gasteiger partial charge in [-0.15, -0.1) is 0 Å². The molecule has 7 heteroatoms. The summed E-state index contributed by atoms with van der Waals surface area (Å²) in [7, 11) is 0. The first-order valence-electron chi connectivity index (χ1n) is 6.05. The third kappa shape index (κ3) is 3.99. The number of nitrogens with zero attached hydrogens (tertiary/aromatic N) is 1. The van der Waals surface area contributed by atoms with E-state index in [2.05, 4.69) is 5.32 Å². The number of amides is 1. The summed E-state index contributed by atoms with van der Waals surface area (Å²) in [6.45, 7) is 0. The lowest BCUT2D eigenvalue weighted by molar-refractivity contribution is -0.137. The molecule has 0 saturated heterocycles. The molecule has 0 radical (unpaired) electrons. The summed E-state index contributed by atoms with van der Waals surface area (Å²) in [6.07, 6.45) is -5.57. The molecule has 4 nitrogen and oxygen atoms in total. The van der Waals surface area contributed by atoms with E-state index < -0.39 is 17.8 Å². The third-order valence-corrected chi connectivity index (χ3v) is 2.59. The molecule has 0 aliphatic rings. The Morgan fingerprint density at radius 3 is 2.41 bits per heavy atom. The molecule has 0 heterocycles. The molecule has 2 aromatic rings. The Kier molecular flexibility index (Phi) is 4.32. The van der Waals surface area contributed by atoms with Gasteiger partial charge in [0.2, 0.25) is 0 Å². The SMILES string of the molecule is N#Cc1cc(NC(=O)Oc2ccccc2)cc(C(F)(F)F)c1. The number of nitrogens with one attached hydrogen (secondary N) is 1. The van der Waals surface area contributed by atoms with Crippen LogP contribution >= 0.6 is 0 Å².